The van der Waals surface area contributed by atoms with Gasteiger partial charge in [0.05, 0.1) is 23.5 Å². The van der Waals surface area contributed by atoms with Crippen LogP contribution in [-0.2, 0) is 23.1 Å². The topological polar surface area (TPSA) is 146 Å². The van der Waals surface area contributed by atoms with Gasteiger partial charge in [-0.1, -0.05) is 20.8 Å². The van der Waals surface area contributed by atoms with Crippen LogP contribution in [0.5, 0.6) is 0 Å². The van der Waals surface area contributed by atoms with E-state index in [9.17, 15) is 9.59 Å². The Bertz CT molecular complexity index is 1410. The average molecular weight is 564 g/mol. The van der Waals surface area contributed by atoms with Crippen LogP contribution in [0.3, 0.4) is 0 Å². The number of nitrogens with one attached hydrogen (secondary N) is 2. The van der Waals surface area contributed by atoms with Gasteiger partial charge in [0, 0.05) is 36.3 Å². The van der Waals surface area contributed by atoms with E-state index in [1.165, 1.54) is 37.3 Å². The Kier molecular flexibility index (Phi) is 7.07. The number of amides is 2. The maximum atomic E-state index is 13.3. The fraction of sp³-hybridized carbons (Fsp3) is 0.571. The first kappa shape index (κ1) is 26.8. The van der Waals surface area contributed by atoms with Crippen LogP contribution in [0.2, 0.25) is 0 Å². The minimum Gasteiger partial charge on any atom is -0.368 e. The van der Waals surface area contributed by atoms with Crippen molar-refractivity contribution in [1.29, 1.82) is 0 Å². The minimum absolute atomic E-state index is 0.0944. The molecule has 40 heavy (non-hydrogen) atoms. The van der Waals surface area contributed by atoms with Gasteiger partial charge in [-0.2, -0.15) is 5.10 Å². The summed E-state index contributed by atoms with van der Waals surface area (Å²) in [5.41, 5.74) is 9.57. The maximum Gasteiger partial charge on any atom is 0.278 e. The van der Waals surface area contributed by atoms with Crippen LogP contribution in [-0.4, -0.2) is 79.0 Å². The number of aromatic amines is 1. The predicted octanol–water partition coefficient (Wildman–Crippen LogP) is 3.26. The number of H-pyrrole nitrogens is 1. The second kappa shape index (κ2) is 10.5. The van der Waals surface area contributed by atoms with Crippen molar-refractivity contribution >= 4 is 34.2 Å². The molecule has 3 aromatic heterocycles. The molecule has 3 aliphatic rings. The smallest absolute Gasteiger partial charge is 0.278 e. The zero-order valence-corrected chi connectivity index (χ0v) is 24.2. The second-order valence-electron chi connectivity index (χ2n) is 12.1. The Morgan fingerprint density at radius 1 is 1.15 bits per heavy atom. The molecular weight excluding hydrogens is 526 g/mol. The normalized spacial score (nSPS) is 19.7. The van der Waals surface area contributed by atoms with E-state index >= 15 is 0 Å². The van der Waals surface area contributed by atoms with E-state index < -0.39 is 0 Å². The number of carbonyl (C=O) groups excluding carboxylic acids is 2. The van der Waals surface area contributed by atoms with E-state index in [2.05, 4.69) is 56.1 Å². The molecular formula is C28H37N9O2S. The number of hydrogen-bond donors (Lipinski definition) is 3. The molecule has 0 unspecified atom stereocenters. The van der Waals surface area contributed by atoms with Gasteiger partial charge in [-0.05, 0) is 62.1 Å². The number of aromatic nitrogens is 5. The monoisotopic (exact) mass is 563 g/mol. The molecule has 0 saturated carbocycles. The van der Waals surface area contributed by atoms with Crippen LogP contribution in [0.4, 0.5) is 11.1 Å². The number of likely N-dealkylation sites (tertiary alicyclic amines) is 2. The van der Waals surface area contributed by atoms with Gasteiger partial charge in [0.2, 0.25) is 11.9 Å². The van der Waals surface area contributed by atoms with E-state index in [0.29, 0.717) is 40.4 Å². The highest BCUT2D eigenvalue weighted by Gasteiger charge is 2.38. The van der Waals surface area contributed by atoms with Crippen LogP contribution in [0.15, 0.2) is 11.6 Å². The second-order valence-corrected chi connectivity index (χ2v) is 12.9. The third-order valence-electron chi connectivity index (χ3n) is 8.67. The lowest BCUT2D eigenvalue weighted by Crippen LogP contribution is -2.49. The zero-order valence-electron chi connectivity index (χ0n) is 23.4. The van der Waals surface area contributed by atoms with Crippen molar-refractivity contribution in [3.63, 3.8) is 0 Å². The third kappa shape index (κ3) is 5.22. The highest BCUT2D eigenvalue weighted by molar-refractivity contribution is 7.14. The predicted molar refractivity (Wildman–Crippen MR) is 154 cm³/mol. The van der Waals surface area contributed by atoms with Gasteiger partial charge in [0.1, 0.15) is 0 Å². The number of fused-ring (bicyclic) bond motifs is 3. The summed E-state index contributed by atoms with van der Waals surface area (Å²) in [6.07, 6.45) is 7.26. The molecule has 5 heterocycles. The number of anilines is 2. The largest absolute Gasteiger partial charge is 0.368 e. The number of piperidine rings is 2. The number of nitrogens with zero attached hydrogens (tertiary/aromatic N) is 6. The first-order valence-electron chi connectivity index (χ1n) is 14.2. The minimum atomic E-state index is -0.359. The van der Waals surface area contributed by atoms with Crippen molar-refractivity contribution in [3.05, 3.63) is 34.1 Å². The van der Waals surface area contributed by atoms with Crippen molar-refractivity contribution in [2.24, 2.45) is 5.92 Å². The Balaban J connectivity index is 1.07. The molecule has 2 fully saturated rings. The number of thiazole rings is 1. The molecule has 6 rings (SSSR count). The molecule has 11 nitrogen and oxygen atoms in total. The Hall–Kier alpha value is -3.38. The molecule has 1 aliphatic carbocycles. The first-order valence-corrected chi connectivity index (χ1v) is 15.0. The molecule has 212 valence electrons. The first-order chi connectivity index (χ1) is 19.2. The summed E-state index contributed by atoms with van der Waals surface area (Å²) in [7, 11) is 0. The van der Waals surface area contributed by atoms with Gasteiger partial charge < -0.3 is 15.5 Å². The highest BCUT2D eigenvalue weighted by atomic mass is 32.1. The molecule has 2 amide bonds. The Labute approximate surface area is 238 Å². The molecule has 0 aromatic carbocycles. The van der Waals surface area contributed by atoms with Crippen molar-refractivity contribution in [1.82, 2.24) is 34.9 Å². The summed E-state index contributed by atoms with van der Waals surface area (Å²) in [5, 5.41) is 12.5. The van der Waals surface area contributed by atoms with Gasteiger partial charge in [0.15, 0.2) is 10.8 Å². The molecule has 0 radical (unpaired) electrons. The number of carbonyl (C=O) groups is 2. The summed E-state index contributed by atoms with van der Waals surface area (Å²) in [6.45, 7) is 10.4. The molecule has 2 saturated heterocycles. The summed E-state index contributed by atoms with van der Waals surface area (Å²) in [4.78, 5) is 44.0. The van der Waals surface area contributed by atoms with Crippen molar-refractivity contribution in [3.8, 4) is 11.4 Å². The number of nitrogen functional groups attached to an aromatic ring is 1. The summed E-state index contributed by atoms with van der Waals surface area (Å²) in [5.74, 6) is 0.750. The van der Waals surface area contributed by atoms with Gasteiger partial charge in [-0.25, -0.2) is 15.0 Å². The van der Waals surface area contributed by atoms with Gasteiger partial charge >= 0.3 is 0 Å². The third-order valence-corrected chi connectivity index (χ3v) is 9.47. The maximum absolute atomic E-state index is 13.3. The molecule has 2 aliphatic heterocycles. The summed E-state index contributed by atoms with van der Waals surface area (Å²) in [6, 6.07) is 0.591. The number of hydrogen-bond acceptors (Lipinski definition) is 9. The highest BCUT2D eigenvalue weighted by Crippen LogP contribution is 2.42. The van der Waals surface area contributed by atoms with Gasteiger partial charge in [-0.15, -0.1) is 11.3 Å². The van der Waals surface area contributed by atoms with E-state index in [1.807, 2.05) is 10.3 Å². The molecule has 0 bridgehead atoms. The summed E-state index contributed by atoms with van der Waals surface area (Å²) >= 11 is 1.32. The van der Waals surface area contributed by atoms with E-state index in [0.717, 1.165) is 43.0 Å². The molecule has 0 atom stereocenters. The quantitative estimate of drug-likeness (QED) is 0.429. The molecule has 0 spiro atoms. The van der Waals surface area contributed by atoms with Crippen LogP contribution >= 0.6 is 11.3 Å². The fourth-order valence-corrected chi connectivity index (χ4v) is 7.12. The van der Waals surface area contributed by atoms with Crippen molar-refractivity contribution < 1.29 is 9.59 Å². The molecule has 3 aromatic rings. The van der Waals surface area contributed by atoms with Crippen LogP contribution < -0.4 is 11.1 Å². The van der Waals surface area contributed by atoms with Crippen LogP contribution in [0.25, 0.3) is 11.4 Å². The Morgan fingerprint density at radius 2 is 1.90 bits per heavy atom. The van der Waals surface area contributed by atoms with E-state index in [4.69, 9.17) is 5.73 Å². The van der Waals surface area contributed by atoms with Crippen molar-refractivity contribution in [2.75, 3.05) is 37.2 Å². The van der Waals surface area contributed by atoms with Gasteiger partial charge in [0.25, 0.3) is 5.91 Å². The lowest BCUT2D eigenvalue weighted by molar-refractivity contribution is -0.132. The van der Waals surface area contributed by atoms with Crippen LogP contribution in [0.1, 0.15) is 73.8 Å². The lowest BCUT2D eigenvalue weighted by Gasteiger charge is -2.41. The lowest BCUT2D eigenvalue weighted by atomic mass is 9.73. The zero-order chi connectivity index (χ0) is 28.0. The van der Waals surface area contributed by atoms with Crippen LogP contribution in [0, 0.1) is 5.92 Å². The summed E-state index contributed by atoms with van der Waals surface area (Å²) < 4.78 is 0. The molecule has 4 N–H and O–H groups in total. The SMILES string of the molecule is CC1CCN(C2CCN(C(=O)Cc3csc(NC(=O)c4n[nH]c5c4C(C)(C)Cc4cnc(N)nc4-5)n3)CC2)CC1. The standard InChI is InChI=1S/C28H37N9O2S/c1-16-4-8-36(9-5-16)19-6-10-37(11-7-19)20(38)12-18-15-40-27(31-18)33-25(39)24-21-23(34-35-24)22-17(13-28(21,2)3)14-30-26(29)32-22/h14-16,19H,4-13H2,1-3H3,(H,34,35)(H2,29,30,32)(H,31,33,39). The van der Waals surface area contributed by atoms with E-state index in [1.54, 1.807) is 6.20 Å². The molecule has 12 heteroatoms. The fourth-order valence-electron chi connectivity index (χ4n) is 6.41. The van der Waals surface area contributed by atoms with E-state index in [-0.39, 0.29) is 29.6 Å². The van der Waals surface area contributed by atoms with Crippen molar-refractivity contribution in [2.45, 2.75) is 70.8 Å². The average Bonchev–Trinajstić information content (AvgIpc) is 3.58. The number of rotatable bonds is 5. The number of nitrogens with two attached hydrogens (primary N) is 1. The Morgan fingerprint density at radius 3 is 2.65 bits per heavy atom. The van der Waals surface area contributed by atoms with Gasteiger partial charge in [-0.3, -0.25) is 20.0 Å².